The fraction of sp³-hybridized carbons (Fsp3) is 0.360. The van der Waals surface area contributed by atoms with Crippen molar-refractivity contribution >= 4 is 34.7 Å². The van der Waals surface area contributed by atoms with Crippen molar-refractivity contribution < 1.29 is 19.1 Å². The highest BCUT2D eigenvalue weighted by Gasteiger charge is 2.43. The minimum atomic E-state index is -0.356. The molecule has 1 fully saturated rings. The summed E-state index contributed by atoms with van der Waals surface area (Å²) in [6, 6.07) is 12.1. The Morgan fingerprint density at radius 1 is 0.875 bits per heavy atom. The molecule has 0 radical (unpaired) electrons. The van der Waals surface area contributed by atoms with Crippen LogP contribution in [0.3, 0.4) is 0 Å². The van der Waals surface area contributed by atoms with E-state index in [9.17, 15) is 9.59 Å². The van der Waals surface area contributed by atoms with Crippen molar-refractivity contribution in [2.75, 3.05) is 32.2 Å². The molecule has 2 unspecified atom stereocenters. The quantitative estimate of drug-likeness (QED) is 0.617. The number of amides is 2. The molecule has 0 spiro atoms. The molecule has 2 heterocycles. The molecule has 0 N–H and O–H groups in total. The van der Waals surface area contributed by atoms with Crippen molar-refractivity contribution in [2.45, 2.75) is 20.3 Å². The third kappa shape index (κ3) is 3.95. The Labute approximate surface area is 193 Å². The second kappa shape index (κ2) is 8.87. The zero-order valence-electron chi connectivity index (χ0n) is 18.7. The number of likely N-dealkylation sites (tertiary alicyclic amines) is 1. The second-order valence-electron chi connectivity index (χ2n) is 8.57. The van der Waals surface area contributed by atoms with Crippen molar-refractivity contribution in [3.63, 3.8) is 0 Å². The monoisotopic (exact) mass is 454 g/mol. The predicted molar refractivity (Wildman–Crippen MR) is 125 cm³/mol. The fourth-order valence-corrected chi connectivity index (χ4v) is 4.86. The lowest BCUT2D eigenvalue weighted by Crippen LogP contribution is -2.42. The van der Waals surface area contributed by atoms with Gasteiger partial charge in [-0.05, 0) is 48.1 Å². The maximum absolute atomic E-state index is 13.7. The molecule has 168 valence electrons. The largest absolute Gasteiger partial charge is 0.493 e. The first kappa shape index (κ1) is 22.2. The number of benzene rings is 2. The van der Waals surface area contributed by atoms with Crippen LogP contribution in [0.2, 0.25) is 5.02 Å². The van der Waals surface area contributed by atoms with Crippen LogP contribution in [-0.2, 0) is 9.59 Å². The Balaban J connectivity index is 1.82. The second-order valence-corrected chi connectivity index (χ2v) is 9.00. The molecule has 2 aromatic rings. The smallest absolute Gasteiger partial charge is 0.282 e. The SMILES string of the molecule is COc1ccc(N2C(=O)C(c3ccc(Cl)cc3)=C(N3CC(C)CC(C)C3)C2=O)cc1OC. The molecule has 7 heteroatoms. The van der Waals surface area contributed by atoms with Crippen molar-refractivity contribution in [2.24, 2.45) is 11.8 Å². The van der Waals surface area contributed by atoms with E-state index in [4.69, 9.17) is 21.1 Å². The maximum atomic E-state index is 13.7. The summed E-state index contributed by atoms with van der Waals surface area (Å²) in [5.41, 5.74) is 1.97. The van der Waals surface area contributed by atoms with E-state index in [1.165, 1.54) is 12.0 Å². The lowest BCUT2D eigenvalue weighted by atomic mass is 9.91. The van der Waals surface area contributed by atoms with Gasteiger partial charge in [-0.25, -0.2) is 4.90 Å². The van der Waals surface area contributed by atoms with Gasteiger partial charge in [0.05, 0.1) is 25.5 Å². The van der Waals surface area contributed by atoms with Gasteiger partial charge in [-0.3, -0.25) is 9.59 Å². The van der Waals surface area contributed by atoms with Gasteiger partial charge in [0.15, 0.2) is 11.5 Å². The van der Waals surface area contributed by atoms with E-state index in [0.29, 0.717) is 50.9 Å². The number of halogens is 1. The standard InChI is InChI=1S/C25H27ClN2O4/c1-15-11-16(2)14-27(13-15)23-22(17-5-7-18(26)8-6-17)24(29)28(25(23)30)19-9-10-20(31-3)21(12-19)32-4/h5-10,12,15-16H,11,13-14H2,1-4H3. The molecule has 32 heavy (non-hydrogen) atoms. The zero-order valence-corrected chi connectivity index (χ0v) is 19.5. The number of carbonyl (C=O) groups is 2. The summed E-state index contributed by atoms with van der Waals surface area (Å²) in [7, 11) is 3.06. The summed E-state index contributed by atoms with van der Waals surface area (Å²) in [5.74, 6) is 1.15. The Morgan fingerprint density at radius 2 is 1.50 bits per heavy atom. The van der Waals surface area contributed by atoms with Crippen LogP contribution in [0.15, 0.2) is 48.2 Å². The predicted octanol–water partition coefficient (Wildman–Crippen LogP) is 4.62. The Hall–Kier alpha value is -2.99. The highest BCUT2D eigenvalue weighted by Crippen LogP contribution is 2.39. The number of anilines is 1. The number of ether oxygens (including phenoxy) is 2. The number of nitrogens with zero attached hydrogens (tertiary/aromatic N) is 2. The molecule has 1 saturated heterocycles. The van der Waals surface area contributed by atoms with E-state index >= 15 is 0 Å². The van der Waals surface area contributed by atoms with Crippen LogP contribution in [0.1, 0.15) is 25.8 Å². The molecular weight excluding hydrogens is 428 g/mol. The molecule has 4 rings (SSSR count). The van der Waals surface area contributed by atoms with E-state index in [1.54, 1.807) is 49.6 Å². The normalized spacial score (nSPS) is 21.4. The van der Waals surface area contributed by atoms with E-state index in [-0.39, 0.29) is 11.8 Å². The van der Waals surface area contributed by atoms with Crippen LogP contribution in [0.4, 0.5) is 5.69 Å². The van der Waals surface area contributed by atoms with Crippen LogP contribution in [-0.4, -0.2) is 44.0 Å². The van der Waals surface area contributed by atoms with E-state index < -0.39 is 0 Å². The Bertz CT molecular complexity index is 1070. The van der Waals surface area contributed by atoms with Gasteiger partial charge in [-0.1, -0.05) is 37.6 Å². The molecule has 2 aliphatic heterocycles. The van der Waals surface area contributed by atoms with Gasteiger partial charge >= 0.3 is 0 Å². The van der Waals surface area contributed by atoms with E-state index in [1.807, 2.05) is 0 Å². The molecule has 6 nitrogen and oxygen atoms in total. The van der Waals surface area contributed by atoms with Gasteiger partial charge in [0.2, 0.25) is 0 Å². The summed E-state index contributed by atoms with van der Waals surface area (Å²) in [6.07, 6.45) is 1.10. The average molecular weight is 455 g/mol. The molecule has 2 aliphatic rings. The minimum absolute atomic E-state index is 0.325. The van der Waals surface area contributed by atoms with Crippen molar-refractivity contribution in [1.82, 2.24) is 4.90 Å². The number of hydrogen-bond donors (Lipinski definition) is 0. The van der Waals surface area contributed by atoms with Gasteiger partial charge in [-0.2, -0.15) is 0 Å². The number of methoxy groups -OCH3 is 2. The van der Waals surface area contributed by atoms with Crippen LogP contribution < -0.4 is 14.4 Å². The van der Waals surface area contributed by atoms with Crippen molar-refractivity contribution in [1.29, 1.82) is 0 Å². The summed E-state index contributed by atoms with van der Waals surface area (Å²) in [5, 5.41) is 0.574. The first-order valence-electron chi connectivity index (χ1n) is 10.7. The van der Waals surface area contributed by atoms with Crippen LogP contribution in [0.5, 0.6) is 11.5 Å². The Kier molecular flexibility index (Phi) is 6.15. The lowest BCUT2D eigenvalue weighted by molar-refractivity contribution is -0.120. The van der Waals surface area contributed by atoms with Crippen LogP contribution >= 0.6 is 11.6 Å². The highest BCUT2D eigenvalue weighted by atomic mass is 35.5. The number of rotatable bonds is 5. The van der Waals surface area contributed by atoms with Gasteiger partial charge in [0, 0.05) is 24.2 Å². The zero-order chi connectivity index (χ0) is 23.0. The molecular formula is C25H27ClN2O4. The first-order valence-corrected chi connectivity index (χ1v) is 11.1. The summed E-state index contributed by atoms with van der Waals surface area (Å²) >= 11 is 6.08. The maximum Gasteiger partial charge on any atom is 0.282 e. The van der Waals surface area contributed by atoms with Gasteiger partial charge < -0.3 is 14.4 Å². The minimum Gasteiger partial charge on any atom is -0.493 e. The summed E-state index contributed by atoms with van der Waals surface area (Å²) < 4.78 is 10.7. The lowest BCUT2D eigenvalue weighted by Gasteiger charge is -2.37. The topological polar surface area (TPSA) is 59.1 Å². The number of piperidine rings is 1. The van der Waals surface area contributed by atoms with Crippen molar-refractivity contribution in [3.8, 4) is 11.5 Å². The first-order chi connectivity index (χ1) is 15.3. The summed E-state index contributed by atoms with van der Waals surface area (Å²) in [6.45, 7) is 5.82. The highest BCUT2D eigenvalue weighted by molar-refractivity contribution is 6.45. The number of hydrogen-bond acceptors (Lipinski definition) is 5. The summed E-state index contributed by atoms with van der Waals surface area (Å²) in [4.78, 5) is 30.7. The van der Waals surface area contributed by atoms with Crippen LogP contribution in [0, 0.1) is 11.8 Å². The molecule has 2 atom stereocenters. The molecule has 0 saturated carbocycles. The van der Waals surface area contributed by atoms with Gasteiger partial charge in [0.25, 0.3) is 11.8 Å². The number of imide groups is 1. The number of carbonyl (C=O) groups excluding carboxylic acids is 2. The molecule has 0 aliphatic carbocycles. The molecule has 2 aromatic carbocycles. The molecule has 2 amide bonds. The third-order valence-corrected chi connectivity index (χ3v) is 6.25. The molecule has 0 aromatic heterocycles. The average Bonchev–Trinajstić information content (AvgIpc) is 3.03. The van der Waals surface area contributed by atoms with Gasteiger partial charge in [-0.15, -0.1) is 0 Å². The third-order valence-electron chi connectivity index (χ3n) is 6.00. The van der Waals surface area contributed by atoms with E-state index in [0.717, 1.165) is 19.5 Å². The van der Waals surface area contributed by atoms with Crippen molar-refractivity contribution in [3.05, 3.63) is 58.7 Å². The van der Waals surface area contributed by atoms with E-state index in [2.05, 4.69) is 18.7 Å². The van der Waals surface area contributed by atoms with Crippen LogP contribution in [0.25, 0.3) is 5.57 Å². The fourth-order valence-electron chi connectivity index (χ4n) is 4.73. The molecule has 0 bridgehead atoms. The van der Waals surface area contributed by atoms with Gasteiger partial charge in [0.1, 0.15) is 5.70 Å². The Morgan fingerprint density at radius 3 is 2.09 bits per heavy atom.